The molecule has 0 saturated carbocycles. The Morgan fingerprint density at radius 1 is 0.795 bits per heavy atom. The largest absolute Gasteiger partial charge is 0.303 e. The van der Waals surface area contributed by atoms with E-state index in [1.807, 2.05) is 30.6 Å². The maximum Gasteiger partial charge on any atom is 0.160 e. The maximum absolute atomic E-state index is 14.7. The molecule has 0 amide bonds. The Labute approximate surface area is 234 Å². The van der Waals surface area contributed by atoms with Gasteiger partial charge in [0, 0.05) is 52.2 Å². The summed E-state index contributed by atoms with van der Waals surface area (Å²) in [4.78, 5) is 16.2. The molecule has 0 aliphatic carbocycles. The van der Waals surface area contributed by atoms with Crippen LogP contribution in [0.15, 0.2) is 85.3 Å². The highest BCUT2D eigenvalue weighted by Crippen LogP contribution is 2.34. The molecule has 198 valence electrons. The van der Waals surface area contributed by atoms with E-state index in [1.165, 1.54) is 30.5 Å². The summed E-state index contributed by atoms with van der Waals surface area (Å²) < 4.78 is 14.7. The van der Waals surface area contributed by atoms with Crippen LogP contribution in [0, 0.1) is 5.82 Å². The lowest BCUT2D eigenvalue weighted by molar-refractivity contribution is 0.278. The summed E-state index contributed by atoms with van der Waals surface area (Å²) in [5.41, 5.74) is 6.61. The lowest BCUT2D eigenvalue weighted by Crippen LogP contribution is -2.27. The van der Waals surface area contributed by atoms with E-state index in [4.69, 9.17) is 11.6 Å². The summed E-state index contributed by atoms with van der Waals surface area (Å²) in [6, 6.07) is 21.1. The van der Waals surface area contributed by atoms with Gasteiger partial charge in [-0.15, -0.1) is 0 Å². The van der Waals surface area contributed by atoms with Crippen molar-refractivity contribution in [1.82, 2.24) is 19.9 Å². The molecule has 5 rings (SSSR count). The predicted molar refractivity (Wildman–Crippen MR) is 159 cm³/mol. The highest BCUT2D eigenvalue weighted by molar-refractivity contribution is 6.30. The first kappa shape index (κ1) is 26.9. The van der Waals surface area contributed by atoms with Crippen molar-refractivity contribution in [2.45, 2.75) is 33.1 Å². The van der Waals surface area contributed by atoms with Crippen molar-refractivity contribution in [3.63, 3.8) is 0 Å². The van der Waals surface area contributed by atoms with Gasteiger partial charge in [0.15, 0.2) is 5.65 Å². The smallest absolute Gasteiger partial charge is 0.160 e. The molecule has 0 aliphatic rings. The Hall–Kier alpha value is -3.67. The third-order valence-electron chi connectivity index (χ3n) is 6.92. The summed E-state index contributed by atoms with van der Waals surface area (Å²) in [6.07, 6.45) is 8.80. The highest BCUT2D eigenvalue weighted by atomic mass is 35.5. The number of rotatable bonds is 10. The van der Waals surface area contributed by atoms with Crippen molar-refractivity contribution >= 4 is 22.6 Å². The van der Waals surface area contributed by atoms with E-state index in [2.05, 4.69) is 64.0 Å². The maximum atomic E-state index is 14.7. The van der Waals surface area contributed by atoms with Gasteiger partial charge < -0.3 is 4.90 Å². The number of aromatic nitrogens is 3. The van der Waals surface area contributed by atoms with Crippen LogP contribution in [0.25, 0.3) is 44.5 Å². The molecule has 0 atom stereocenters. The molecule has 0 aliphatic heterocycles. The fourth-order valence-electron chi connectivity index (χ4n) is 4.99. The van der Waals surface area contributed by atoms with Crippen molar-refractivity contribution in [3.8, 4) is 33.5 Å². The first-order chi connectivity index (χ1) is 19.1. The highest BCUT2D eigenvalue weighted by Gasteiger charge is 2.14. The first-order valence-electron chi connectivity index (χ1n) is 13.5. The predicted octanol–water partition coefficient (Wildman–Crippen LogP) is 8.48. The molecular formula is C33H32ClFN4. The molecule has 0 fully saturated rings. The van der Waals surface area contributed by atoms with Crippen molar-refractivity contribution in [3.05, 3.63) is 102 Å². The minimum Gasteiger partial charge on any atom is -0.303 e. The Balaban J connectivity index is 1.46. The van der Waals surface area contributed by atoms with Crippen molar-refractivity contribution in [2.75, 3.05) is 19.6 Å². The van der Waals surface area contributed by atoms with Gasteiger partial charge in [-0.25, -0.2) is 14.4 Å². The van der Waals surface area contributed by atoms with Crippen LogP contribution in [-0.2, 0) is 6.42 Å². The van der Waals surface area contributed by atoms with Crippen molar-refractivity contribution in [1.29, 1.82) is 0 Å². The Kier molecular flexibility index (Phi) is 8.60. The van der Waals surface area contributed by atoms with Crippen LogP contribution < -0.4 is 0 Å². The molecule has 5 aromatic rings. The average Bonchev–Trinajstić information content (AvgIpc) is 2.97. The number of nitrogens with zero attached hydrogens (tertiary/aromatic N) is 4. The zero-order valence-corrected chi connectivity index (χ0v) is 23.1. The normalized spacial score (nSPS) is 11.4. The molecule has 3 heterocycles. The number of benzene rings is 2. The van der Waals surface area contributed by atoms with Crippen LogP contribution >= 0.6 is 11.6 Å². The fraction of sp³-hybridized carbons (Fsp3) is 0.242. The number of hydrogen-bond acceptors (Lipinski definition) is 4. The zero-order chi connectivity index (χ0) is 27.2. The van der Waals surface area contributed by atoms with Crippen LogP contribution in [0.3, 0.4) is 0 Å². The van der Waals surface area contributed by atoms with E-state index in [-0.39, 0.29) is 5.82 Å². The molecule has 0 radical (unpaired) electrons. The van der Waals surface area contributed by atoms with E-state index in [0.717, 1.165) is 53.7 Å². The van der Waals surface area contributed by atoms with Gasteiger partial charge in [-0.2, -0.15) is 0 Å². The van der Waals surface area contributed by atoms with Gasteiger partial charge in [0.05, 0.1) is 5.69 Å². The van der Waals surface area contributed by atoms with E-state index in [1.54, 1.807) is 12.3 Å². The zero-order valence-electron chi connectivity index (χ0n) is 22.4. The third-order valence-corrected chi connectivity index (χ3v) is 7.16. The molecule has 0 bridgehead atoms. The van der Waals surface area contributed by atoms with Gasteiger partial charge in [-0.05, 0) is 91.5 Å². The molecule has 0 N–H and O–H groups in total. The first-order valence-corrected chi connectivity index (χ1v) is 13.9. The Morgan fingerprint density at radius 2 is 1.56 bits per heavy atom. The van der Waals surface area contributed by atoms with Crippen molar-refractivity contribution < 1.29 is 4.39 Å². The van der Waals surface area contributed by atoms with Gasteiger partial charge >= 0.3 is 0 Å². The van der Waals surface area contributed by atoms with Gasteiger partial charge in [-0.3, -0.25) is 4.98 Å². The second-order valence-electron chi connectivity index (χ2n) is 9.80. The standard InChI is InChI=1S/C33H32ClFN4/c1-3-15-39(16-4-2)17-13-23-7-9-24(10-8-23)25-18-26(22-36-21-25)29-20-32(30-19-27(34)11-12-31(30)35)38-33-28(29)6-5-14-37-33/h5-12,14,18-22H,3-4,13,15-17H2,1-2H3. The molecule has 0 saturated heterocycles. The second kappa shape index (κ2) is 12.5. The quantitative estimate of drug-likeness (QED) is 0.179. The SMILES string of the molecule is CCCN(CCC)CCc1ccc(-c2cncc(-c3cc(-c4cc(Cl)ccc4F)nc4ncccc34)c2)cc1. The molecule has 6 heteroatoms. The molecule has 0 spiro atoms. The molecule has 39 heavy (non-hydrogen) atoms. The molecule has 0 unspecified atom stereocenters. The lowest BCUT2D eigenvalue weighted by Gasteiger charge is -2.20. The van der Waals surface area contributed by atoms with Crippen LogP contribution in [0.2, 0.25) is 5.02 Å². The van der Waals surface area contributed by atoms with Crippen LogP contribution in [0.4, 0.5) is 4.39 Å². The Bertz CT molecular complexity index is 1560. The van der Waals surface area contributed by atoms with E-state index in [9.17, 15) is 4.39 Å². The Morgan fingerprint density at radius 3 is 2.33 bits per heavy atom. The number of hydrogen-bond donors (Lipinski definition) is 0. The van der Waals surface area contributed by atoms with Crippen molar-refractivity contribution in [2.24, 2.45) is 0 Å². The van der Waals surface area contributed by atoms with E-state index >= 15 is 0 Å². The number of halogens is 2. The summed E-state index contributed by atoms with van der Waals surface area (Å²) in [5.74, 6) is -0.382. The summed E-state index contributed by atoms with van der Waals surface area (Å²) in [5, 5.41) is 1.33. The molecule has 3 aromatic heterocycles. The fourth-order valence-corrected chi connectivity index (χ4v) is 5.16. The minimum atomic E-state index is -0.382. The van der Waals surface area contributed by atoms with Gasteiger partial charge in [0.25, 0.3) is 0 Å². The van der Waals surface area contributed by atoms with Crippen LogP contribution in [0.5, 0.6) is 0 Å². The summed E-state index contributed by atoms with van der Waals surface area (Å²) >= 11 is 6.18. The molecule has 4 nitrogen and oxygen atoms in total. The monoisotopic (exact) mass is 538 g/mol. The second-order valence-corrected chi connectivity index (χ2v) is 10.2. The van der Waals surface area contributed by atoms with Crippen LogP contribution in [0.1, 0.15) is 32.3 Å². The van der Waals surface area contributed by atoms with E-state index in [0.29, 0.717) is 21.9 Å². The van der Waals surface area contributed by atoms with Crippen LogP contribution in [-0.4, -0.2) is 39.5 Å². The summed E-state index contributed by atoms with van der Waals surface area (Å²) in [7, 11) is 0. The van der Waals surface area contributed by atoms with Gasteiger partial charge in [-0.1, -0.05) is 49.7 Å². The summed E-state index contributed by atoms with van der Waals surface area (Å²) in [6.45, 7) is 7.85. The third kappa shape index (κ3) is 6.32. The molecule has 2 aromatic carbocycles. The van der Waals surface area contributed by atoms with E-state index < -0.39 is 0 Å². The average molecular weight is 539 g/mol. The topological polar surface area (TPSA) is 41.9 Å². The van der Waals surface area contributed by atoms with Gasteiger partial charge in [0.1, 0.15) is 5.82 Å². The number of fused-ring (bicyclic) bond motifs is 1. The minimum absolute atomic E-state index is 0.340. The lowest BCUT2D eigenvalue weighted by atomic mass is 9.97. The van der Waals surface area contributed by atoms with Gasteiger partial charge in [0.2, 0.25) is 0 Å². The molecular weight excluding hydrogens is 507 g/mol. The number of pyridine rings is 3.